The minimum atomic E-state index is -0.364. The van der Waals surface area contributed by atoms with Gasteiger partial charge in [0.2, 0.25) is 0 Å². The molecule has 0 unspecified atom stereocenters. The highest BCUT2D eigenvalue weighted by molar-refractivity contribution is 6.06. The van der Waals surface area contributed by atoms with Gasteiger partial charge in [0.25, 0.3) is 0 Å². The molecule has 0 aromatic heterocycles. The molecular weight excluding hydrogens is 1790 g/mol. The van der Waals surface area contributed by atoms with Crippen LogP contribution >= 0.6 is 0 Å². The monoisotopic (exact) mass is 1890 g/mol. The fourth-order valence-corrected chi connectivity index (χ4v) is 26.9. The second-order valence-electron chi connectivity index (χ2n) is 43.4. The summed E-state index contributed by atoms with van der Waals surface area (Å²) in [5.74, 6) is 0.419. The molecule has 6 aliphatic rings. The summed E-state index contributed by atoms with van der Waals surface area (Å²) in [6.45, 7) is 14.2. The first-order valence-electron chi connectivity index (χ1n) is 52.8. The topological polar surface area (TPSA) is 0 Å². The molecule has 0 fully saturated rings. The maximum absolute atomic E-state index is 2.51. The largest absolute Gasteiger partial charge is 0.0725 e. The lowest BCUT2D eigenvalue weighted by Gasteiger charge is -2.30. The van der Waals surface area contributed by atoms with Crippen LogP contribution in [0.15, 0.2) is 516 Å². The van der Waals surface area contributed by atoms with Crippen LogP contribution in [0.25, 0.3) is 220 Å². The lowest BCUT2D eigenvalue weighted by Crippen LogP contribution is -2.25. The van der Waals surface area contributed by atoms with Crippen molar-refractivity contribution in [2.45, 2.75) is 69.1 Å². The third-order valence-electron chi connectivity index (χ3n) is 34.3. The van der Waals surface area contributed by atoms with E-state index in [0.717, 1.165) is 0 Å². The van der Waals surface area contributed by atoms with E-state index in [0.29, 0.717) is 5.92 Å². The van der Waals surface area contributed by atoms with E-state index < -0.39 is 0 Å². The quantitative estimate of drug-likeness (QED) is 0.135. The van der Waals surface area contributed by atoms with Crippen molar-refractivity contribution < 1.29 is 0 Å². The van der Waals surface area contributed by atoms with E-state index in [1.54, 1.807) is 0 Å². The predicted octanol–water partition coefficient (Wildman–Crippen LogP) is 39.7. The summed E-state index contributed by atoms with van der Waals surface area (Å²) in [5, 5.41) is 15.2. The first-order chi connectivity index (χ1) is 73.1. The third kappa shape index (κ3) is 13.7. The number of hydrogen-bond donors (Lipinski definition) is 0. The Morgan fingerprint density at radius 3 is 0.779 bits per heavy atom. The predicted molar refractivity (Wildman–Crippen MR) is 630 cm³/mol. The van der Waals surface area contributed by atoms with Crippen molar-refractivity contribution in [3.8, 4) is 156 Å². The van der Waals surface area contributed by atoms with E-state index >= 15 is 0 Å². The zero-order chi connectivity index (χ0) is 99.3. The zero-order valence-electron chi connectivity index (χ0n) is 84.2. The molecule has 0 saturated heterocycles. The minimum Gasteiger partial charge on any atom is -0.0622 e. The smallest absolute Gasteiger partial charge is 0.0622 e. The van der Waals surface area contributed by atoms with Gasteiger partial charge in [0, 0.05) is 10.8 Å². The molecule has 0 heteroatoms. The summed E-state index contributed by atoms with van der Waals surface area (Å²) in [6, 6.07) is 193. The molecule has 0 amide bonds. The Morgan fingerprint density at radius 1 is 0.128 bits per heavy atom. The van der Waals surface area contributed by atoms with Crippen LogP contribution < -0.4 is 0 Å². The van der Waals surface area contributed by atoms with Crippen LogP contribution in [0.2, 0.25) is 0 Å². The molecule has 31 rings (SSSR count). The molecule has 6 aliphatic carbocycles. The Balaban J connectivity index is 0.000000105. The Bertz CT molecular complexity index is 9830. The van der Waals surface area contributed by atoms with Gasteiger partial charge >= 0.3 is 0 Å². The van der Waals surface area contributed by atoms with Crippen LogP contribution in [0.1, 0.15) is 120 Å². The summed E-state index contributed by atoms with van der Waals surface area (Å²) in [4.78, 5) is 0. The van der Waals surface area contributed by atoms with Crippen molar-refractivity contribution in [3.05, 3.63) is 588 Å². The van der Waals surface area contributed by atoms with Crippen LogP contribution in [0, 0.1) is 0 Å². The Hall–Kier alpha value is -17.9. The Morgan fingerprint density at radius 2 is 0.369 bits per heavy atom. The lowest BCUT2D eigenvalue weighted by molar-refractivity contribution is 0.652. The molecule has 700 valence electrons. The first kappa shape index (κ1) is 87.6. The second-order valence-corrected chi connectivity index (χ2v) is 43.4. The highest BCUT2D eigenvalue weighted by atomic mass is 14.6. The van der Waals surface area contributed by atoms with E-state index in [2.05, 4.69) is 557 Å². The van der Waals surface area contributed by atoms with Crippen molar-refractivity contribution in [2.24, 2.45) is 0 Å². The van der Waals surface area contributed by atoms with Crippen LogP contribution in [0.3, 0.4) is 0 Å². The molecule has 2 spiro atoms. The standard InChI is InChI=1S/C53H44.C51H32.C45H28/c1-32(2)41-26-42(39-20-19-37-24-36(17-18-38(37)25-39)35-16-15-33-11-7-8-12-34(33)23-35)28-43(27-41)40-21-22-45-47-31-50-46(30-51(47)53(5,6)49(45)29-40)44-13-9-10-14-48(44)52(50,3)4;1-2-12-33(13-3-1)35-24-22-34-23-25-36(29-39(34)28-35)40-30-37-14-4-5-15-41(37)46(31-40)38-26-27-45-44-18-8-11-21-49(44)51(50(45)32-38)47-19-9-6-16-42(47)43-17-7-10-20-48(43)51;1-2-10-30-25-31(18-17-29(30)9-1)32-19-20-34-27-35(22-21-33(34)26-32)36-23-24-40-39-13-5-8-16-43(39)45(44(40)28-36)41-14-6-3-11-37(41)38-12-4-7-15-42(38)45/h7-32H,1-6H3;1-32H;1-28H. The molecule has 25 aromatic rings. The van der Waals surface area contributed by atoms with Crippen LogP contribution in [0.5, 0.6) is 0 Å². The molecule has 149 heavy (non-hydrogen) atoms. The summed E-state index contributed by atoms with van der Waals surface area (Å²) in [6.07, 6.45) is 0. The zero-order valence-corrected chi connectivity index (χ0v) is 84.2. The Labute approximate surface area is 871 Å². The molecule has 0 N–H and O–H groups in total. The molecule has 0 radical (unpaired) electrons. The number of benzene rings is 25. The van der Waals surface area contributed by atoms with Gasteiger partial charge in [0.05, 0.1) is 10.8 Å². The highest BCUT2D eigenvalue weighted by Gasteiger charge is 2.54. The van der Waals surface area contributed by atoms with Gasteiger partial charge in [-0.05, 0) is 396 Å². The van der Waals surface area contributed by atoms with Crippen molar-refractivity contribution >= 4 is 64.6 Å². The molecule has 0 aliphatic heterocycles. The van der Waals surface area contributed by atoms with Gasteiger partial charge in [-0.15, -0.1) is 0 Å². The molecule has 0 saturated carbocycles. The average molecular weight is 1890 g/mol. The molecule has 0 atom stereocenters. The molecular formula is C149H104. The molecule has 0 heterocycles. The van der Waals surface area contributed by atoms with Crippen molar-refractivity contribution in [2.75, 3.05) is 0 Å². The van der Waals surface area contributed by atoms with Crippen molar-refractivity contribution in [1.29, 1.82) is 0 Å². The fourth-order valence-electron chi connectivity index (χ4n) is 26.9. The third-order valence-corrected chi connectivity index (χ3v) is 34.3. The Kier molecular flexibility index (Phi) is 19.9. The molecule has 25 aromatic carbocycles. The SMILES string of the molecule is CC(C)c1cc(-c2ccc3c(c2)C(C)(C)c2cc4c(cc2-3)C(C)(C)c2ccccc2-4)cc(-c2ccc3cc(-c4ccc5ccccc5c4)ccc3c2)c1.c1ccc(-c2ccc3ccc(-c4cc(-c5ccc6c(c5)C5(c7ccccc7-c7ccccc75)c5ccccc5-6)c5ccccc5c4)cc3c2)cc1.c1ccc2c(c1)-c1ccccc1C21c2ccccc2-c2ccc(-c3ccc4cc(-c5ccc6ccccc6c5)ccc4c3)cc21. The summed E-state index contributed by atoms with van der Waals surface area (Å²) >= 11 is 0. The van der Waals surface area contributed by atoms with Gasteiger partial charge in [-0.2, -0.15) is 0 Å². The van der Waals surface area contributed by atoms with Crippen LogP contribution in [-0.4, -0.2) is 0 Å². The fraction of sp³-hybridized carbons (Fsp3) is 0.0738. The summed E-state index contributed by atoms with van der Waals surface area (Å²) in [7, 11) is 0. The van der Waals surface area contributed by atoms with Crippen molar-refractivity contribution in [3.63, 3.8) is 0 Å². The number of fused-ring (bicyclic) bond motifs is 32. The van der Waals surface area contributed by atoms with Crippen LogP contribution in [-0.2, 0) is 21.7 Å². The van der Waals surface area contributed by atoms with Gasteiger partial charge in [-0.3, -0.25) is 0 Å². The average Bonchev–Trinajstić information content (AvgIpc) is 1.51. The van der Waals surface area contributed by atoms with Gasteiger partial charge in [0.1, 0.15) is 0 Å². The van der Waals surface area contributed by atoms with Gasteiger partial charge in [-0.1, -0.05) is 460 Å². The van der Waals surface area contributed by atoms with E-state index in [1.165, 1.54) is 293 Å². The lowest BCUT2D eigenvalue weighted by atomic mass is 9.70. The highest BCUT2D eigenvalue weighted by Crippen LogP contribution is 2.66. The van der Waals surface area contributed by atoms with Gasteiger partial charge in [0.15, 0.2) is 0 Å². The normalized spacial score (nSPS) is 13.8. The summed E-state index contributed by atoms with van der Waals surface area (Å²) < 4.78 is 0. The van der Waals surface area contributed by atoms with E-state index in [4.69, 9.17) is 0 Å². The maximum Gasteiger partial charge on any atom is 0.0725 e. The van der Waals surface area contributed by atoms with Gasteiger partial charge in [-0.25, -0.2) is 0 Å². The van der Waals surface area contributed by atoms with E-state index in [9.17, 15) is 0 Å². The second kappa shape index (κ2) is 33.8. The number of rotatable bonds is 9. The van der Waals surface area contributed by atoms with Gasteiger partial charge < -0.3 is 0 Å². The van der Waals surface area contributed by atoms with E-state index in [1.807, 2.05) is 0 Å². The van der Waals surface area contributed by atoms with Crippen molar-refractivity contribution in [1.82, 2.24) is 0 Å². The number of hydrogen-bond acceptors (Lipinski definition) is 0. The molecule has 0 nitrogen and oxygen atoms in total. The van der Waals surface area contributed by atoms with Crippen LogP contribution in [0.4, 0.5) is 0 Å². The first-order valence-corrected chi connectivity index (χ1v) is 52.8. The van der Waals surface area contributed by atoms with E-state index in [-0.39, 0.29) is 21.7 Å². The maximum atomic E-state index is 2.51. The minimum absolute atomic E-state index is 0.0102. The summed E-state index contributed by atoms with van der Waals surface area (Å²) in [5.41, 5.74) is 53.6. The molecule has 0 bridgehead atoms.